The summed E-state index contributed by atoms with van der Waals surface area (Å²) >= 11 is 8.65. The van der Waals surface area contributed by atoms with Crippen LogP contribution >= 0.6 is 28.1 Å². The average molecular weight is 468 g/mol. The van der Waals surface area contributed by atoms with Crippen LogP contribution in [0.2, 0.25) is 0 Å². The topological polar surface area (TPSA) is 62.7 Å². The van der Waals surface area contributed by atoms with Crippen molar-refractivity contribution in [1.82, 2.24) is 5.43 Å². The molecule has 0 amide bonds. The van der Waals surface area contributed by atoms with E-state index < -0.39 is 5.97 Å². The Hall–Kier alpha value is -3.03. The maximum atomic E-state index is 12.5. The Morgan fingerprint density at radius 1 is 1.07 bits per heavy atom. The van der Waals surface area contributed by atoms with E-state index in [-0.39, 0.29) is 0 Å². The Morgan fingerprint density at radius 3 is 2.55 bits per heavy atom. The summed E-state index contributed by atoms with van der Waals surface area (Å²) in [5.74, 6) is -0.0248. The molecule has 0 bridgehead atoms. The third-order valence-corrected chi connectivity index (χ3v) is 4.63. The van der Waals surface area contributed by atoms with Gasteiger partial charge in [0.1, 0.15) is 5.75 Å². The molecule has 3 aromatic carbocycles. The van der Waals surface area contributed by atoms with Crippen LogP contribution in [-0.2, 0) is 0 Å². The van der Waals surface area contributed by atoms with Crippen LogP contribution in [0.5, 0.6) is 5.75 Å². The number of esters is 1. The van der Waals surface area contributed by atoms with Crippen LogP contribution in [-0.4, -0.2) is 17.3 Å². The quantitative estimate of drug-likeness (QED) is 0.175. The second-order valence-corrected chi connectivity index (χ2v) is 7.40. The maximum Gasteiger partial charge on any atom is 0.343 e. The van der Waals surface area contributed by atoms with Gasteiger partial charge in [0.15, 0.2) is 5.11 Å². The summed E-state index contributed by atoms with van der Waals surface area (Å²) in [7, 11) is 0. The number of para-hydroxylation sites is 1. The minimum Gasteiger partial charge on any atom is -0.422 e. The summed E-state index contributed by atoms with van der Waals surface area (Å²) in [6.07, 6.45) is 1.55. The highest BCUT2D eigenvalue weighted by molar-refractivity contribution is 9.10. The molecule has 2 N–H and O–H groups in total. The number of nitrogens with one attached hydrogen (secondary N) is 2. The van der Waals surface area contributed by atoms with Crippen LogP contribution in [0.1, 0.15) is 21.5 Å². The van der Waals surface area contributed by atoms with Crippen LogP contribution in [0.3, 0.4) is 0 Å². The SMILES string of the molecule is Cc1ccccc1C(=O)Oc1ccc(Br)cc1/C=N/NC(=S)Nc1ccccc1. The van der Waals surface area contributed by atoms with Crippen molar-refractivity contribution in [2.45, 2.75) is 6.92 Å². The molecule has 0 aliphatic heterocycles. The Morgan fingerprint density at radius 2 is 1.79 bits per heavy atom. The van der Waals surface area contributed by atoms with Gasteiger partial charge in [-0.1, -0.05) is 52.3 Å². The van der Waals surface area contributed by atoms with E-state index in [9.17, 15) is 4.79 Å². The van der Waals surface area contributed by atoms with Crippen molar-refractivity contribution in [1.29, 1.82) is 0 Å². The number of ether oxygens (including phenoxy) is 1. The first kappa shape index (κ1) is 20.7. The molecule has 0 aliphatic carbocycles. The van der Waals surface area contributed by atoms with Crippen molar-refractivity contribution in [2.24, 2.45) is 5.10 Å². The van der Waals surface area contributed by atoms with Crippen LogP contribution in [0.25, 0.3) is 0 Å². The summed E-state index contributed by atoms with van der Waals surface area (Å²) in [5.41, 5.74) is 5.60. The molecule has 0 atom stereocenters. The molecule has 0 aliphatic rings. The second kappa shape index (κ2) is 9.95. The van der Waals surface area contributed by atoms with Crippen molar-refractivity contribution >= 4 is 51.1 Å². The van der Waals surface area contributed by atoms with Gasteiger partial charge in [-0.25, -0.2) is 4.79 Å². The molecular formula is C22H18BrN3O2S. The van der Waals surface area contributed by atoms with Crippen LogP contribution < -0.4 is 15.5 Å². The predicted octanol–water partition coefficient (Wildman–Crippen LogP) is 5.30. The molecule has 0 unspecified atom stereocenters. The van der Waals surface area contributed by atoms with Gasteiger partial charge in [-0.3, -0.25) is 5.43 Å². The van der Waals surface area contributed by atoms with Crippen molar-refractivity contribution in [3.8, 4) is 5.75 Å². The number of aryl methyl sites for hydroxylation is 1. The molecule has 7 heteroatoms. The van der Waals surface area contributed by atoms with Crippen molar-refractivity contribution < 1.29 is 9.53 Å². The molecule has 3 rings (SSSR count). The van der Waals surface area contributed by atoms with Crippen molar-refractivity contribution in [2.75, 3.05) is 5.32 Å². The highest BCUT2D eigenvalue weighted by Gasteiger charge is 2.13. The van der Waals surface area contributed by atoms with E-state index in [0.29, 0.717) is 22.0 Å². The minimum atomic E-state index is -0.422. The van der Waals surface area contributed by atoms with E-state index in [4.69, 9.17) is 17.0 Å². The first-order valence-electron chi connectivity index (χ1n) is 8.75. The number of rotatable bonds is 5. The van der Waals surface area contributed by atoms with E-state index in [0.717, 1.165) is 15.7 Å². The van der Waals surface area contributed by atoms with Gasteiger partial charge < -0.3 is 10.1 Å². The number of anilines is 1. The first-order valence-corrected chi connectivity index (χ1v) is 9.95. The minimum absolute atomic E-state index is 0.348. The zero-order valence-corrected chi connectivity index (χ0v) is 18.0. The van der Waals surface area contributed by atoms with Gasteiger partial charge in [0.05, 0.1) is 11.8 Å². The highest BCUT2D eigenvalue weighted by atomic mass is 79.9. The molecule has 0 aromatic heterocycles. The van der Waals surface area contributed by atoms with E-state index in [1.54, 1.807) is 36.5 Å². The van der Waals surface area contributed by atoms with Gasteiger partial charge in [-0.15, -0.1) is 0 Å². The van der Waals surface area contributed by atoms with Gasteiger partial charge in [0.2, 0.25) is 0 Å². The number of benzene rings is 3. The number of thiocarbonyl (C=S) groups is 1. The van der Waals surface area contributed by atoms with Crippen molar-refractivity contribution in [3.63, 3.8) is 0 Å². The summed E-state index contributed by atoms with van der Waals surface area (Å²) < 4.78 is 6.43. The Labute approximate surface area is 182 Å². The third-order valence-electron chi connectivity index (χ3n) is 3.94. The fourth-order valence-electron chi connectivity index (χ4n) is 2.51. The number of nitrogens with zero attached hydrogens (tertiary/aromatic N) is 1. The predicted molar refractivity (Wildman–Crippen MR) is 124 cm³/mol. The molecule has 0 saturated carbocycles. The van der Waals surface area contributed by atoms with Crippen LogP contribution in [0.4, 0.5) is 5.69 Å². The monoisotopic (exact) mass is 467 g/mol. The number of hydrazone groups is 1. The van der Waals surface area contributed by atoms with E-state index in [1.807, 2.05) is 49.4 Å². The Bertz CT molecular complexity index is 1050. The smallest absolute Gasteiger partial charge is 0.343 e. The highest BCUT2D eigenvalue weighted by Crippen LogP contribution is 2.23. The van der Waals surface area contributed by atoms with E-state index in [1.165, 1.54) is 0 Å². The average Bonchev–Trinajstić information content (AvgIpc) is 2.71. The largest absolute Gasteiger partial charge is 0.422 e. The van der Waals surface area contributed by atoms with Gasteiger partial charge in [-0.05, 0) is 61.1 Å². The van der Waals surface area contributed by atoms with Gasteiger partial charge in [0, 0.05) is 15.7 Å². The Kier molecular flexibility index (Phi) is 7.10. The van der Waals surface area contributed by atoms with Gasteiger partial charge in [0.25, 0.3) is 0 Å². The second-order valence-electron chi connectivity index (χ2n) is 6.08. The first-order chi connectivity index (χ1) is 14.0. The lowest BCUT2D eigenvalue weighted by atomic mass is 10.1. The molecule has 0 spiro atoms. The van der Waals surface area contributed by atoms with Crippen LogP contribution in [0, 0.1) is 6.92 Å². The van der Waals surface area contributed by atoms with E-state index in [2.05, 4.69) is 31.8 Å². The Balaban J connectivity index is 1.70. The lowest BCUT2D eigenvalue weighted by molar-refractivity contribution is 0.0733. The standard InChI is InChI=1S/C22H18BrN3O2S/c1-15-7-5-6-10-19(15)21(27)28-20-12-11-17(23)13-16(20)14-24-26-22(29)25-18-8-3-2-4-9-18/h2-14H,1H3,(H2,25,26,29)/b24-14+. The lowest BCUT2D eigenvalue weighted by Crippen LogP contribution is -2.23. The summed E-state index contributed by atoms with van der Waals surface area (Å²) in [6, 6.07) is 22.1. The van der Waals surface area contributed by atoms with Crippen molar-refractivity contribution in [3.05, 3.63) is 94.0 Å². The summed E-state index contributed by atoms with van der Waals surface area (Å²) in [6.45, 7) is 1.87. The molecule has 0 fully saturated rings. The summed E-state index contributed by atoms with van der Waals surface area (Å²) in [5, 5.41) is 7.52. The molecule has 146 valence electrons. The fourth-order valence-corrected chi connectivity index (χ4v) is 3.06. The zero-order chi connectivity index (χ0) is 20.6. The molecule has 0 heterocycles. The molecule has 5 nitrogen and oxygen atoms in total. The lowest BCUT2D eigenvalue weighted by Gasteiger charge is -2.10. The van der Waals surface area contributed by atoms with Gasteiger partial charge in [-0.2, -0.15) is 5.10 Å². The van der Waals surface area contributed by atoms with E-state index >= 15 is 0 Å². The van der Waals surface area contributed by atoms with Gasteiger partial charge >= 0.3 is 5.97 Å². The number of halogens is 1. The number of hydrogen-bond donors (Lipinski definition) is 2. The molecular weight excluding hydrogens is 450 g/mol. The fraction of sp³-hybridized carbons (Fsp3) is 0.0455. The molecule has 0 radical (unpaired) electrons. The molecule has 3 aromatic rings. The zero-order valence-electron chi connectivity index (χ0n) is 15.6. The van der Waals surface area contributed by atoms with Crippen LogP contribution in [0.15, 0.2) is 82.4 Å². The maximum absolute atomic E-state index is 12.5. The molecule has 0 saturated heterocycles. The number of hydrogen-bond acceptors (Lipinski definition) is 4. The normalized spacial score (nSPS) is 10.6. The number of carbonyl (C=O) groups excluding carboxylic acids is 1. The number of carbonyl (C=O) groups is 1. The third kappa shape index (κ3) is 5.97. The molecule has 29 heavy (non-hydrogen) atoms. The summed E-state index contributed by atoms with van der Waals surface area (Å²) in [4.78, 5) is 12.5.